The van der Waals surface area contributed by atoms with E-state index in [4.69, 9.17) is 0 Å². The van der Waals surface area contributed by atoms with E-state index in [9.17, 15) is 19.2 Å². The Kier molecular flexibility index (Phi) is 7.18. The molecule has 0 unspecified atom stereocenters. The van der Waals surface area contributed by atoms with Crippen LogP contribution in [0.15, 0.2) is 48.5 Å². The molecule has 4 aromatic rings. The van der Waals surface area contributed by atoms with Gasteiger partial charge in [-0.05, 0) is 35.4 Å². The van der Waals surface area contributed by atoms with E-state index >= 15 is 0 Å². The van der Waals surface area contributed by atoms with Crippen molar-refractivity contribution < 1.29 is 19.2 Å². The first-order valence-electron chi connectivity index (χ1n) is 18.2. The van der Waals surface area contributed by atoms with E-state index in [1.807, 2.05) is 48.5 Å². The van der Waals surface area contributed by atoms with Crippen LogP contribution >= 0.6 is 0 Å². The van der Waals surface area contributed by atoms with Gasteiger partial charge in [0.15, 0.2) is 0 Å². The maximum absolute atomic E-state index is 14.1. The van der Waals surface area contributed by atoms with E-state index in [1.165, 1.54) is 9.80 Å². The van der Waals surface area contributed by atoms with Crippen LogP contribution in [0.3, 0.4) is 0 Å². The number of hydrogen-bond acceptors (Lipinski definition) is 10. The van der Waals surface area contributed by atoms with Crippen molar-refractivity contribution in [2.24, 2.45) is 0 Å². The molecular formula is C39H40N8O4. The summed E-state index contributed by atoms with van der Waals surface area (Å²) in [4.78, 5) is 68.0. The van der Waals surface area contributed by atoms with Crippen LogP contribution in [0.2, 0.25) is 0 Å². The molecule has 2 N–H and O–H groups in total. The molecule has 10 rings (SSSR count). The fraction of sp³-hybridized carbons (Fsp3) is 0.385. The zero-order chi connectivity index (χ0) is 34.4. The minimum absolute atomic E-state index is 0.231. The molecule has 6 heterocycles. The Labute approximate surface area is 295 Å². The van der Waals surface area contributed by atoms with Gasteiger partial charge < -0.3 is 20.4 Å². The predicted molar refractivity (Wildman–Crippen MR) is 194 cm³/mol. The summed E-state index contributed by atoms with van der Waals surface area (Å²) in [5.74, 6) is -0.928. The van der Waals surface area contributed by atoms with Crippen molar-refractivity contribution in [2.45, 2.75) is 13.1 Å². The van der Waals surface area contributed by atoms with E-state index < -0.39 is 0 Å². The van der Waals surface area contributed by atoms with Crippen molar-refractivity contribution in [3.8, 4) is 0 Å². The summed E-state index contributed by atoms with van der Waals surface area (Å²) < 4.78 is 0. The van der Waals surface area contributed by atoms with E-state index in [2.05, 4.69) is 30.2 Å². The van der Waals surface area contributed by atoms with Crippen molar-refractivity contribution in [3.63, 3.8) is 0 Å². The van der Waals surface area contributed by atoms with E-state index in [0.717, 1.165) is 96.4 Å². The van der Waals surface area contributed by atoms with Crippen molar-refractivity contribution in [2.75, 3.05) is 95.0 Å². The Morgan fingerprint density at radius 2 is 0.922 bits per heavy atom. The Hall–Kier alpha value is -4.88. The minimum atomic E-state index is -0.233. The van der Waals surface area contributed by atoms with Gasteiger partial charge in [-0.2, -0.15) is 0 Å². The van der Waals surface area contributed by atoms with Gasteiger partial charge in [-0.25, -0.2) is 0 Å². The van der Waals surface area contributed by atoms with Gasteiger partial charge >= 0.3 is 0 Å². The van der Waals surface area contributed by atoms with Crippen molar-refractivity contribution >= 4 is 56.5 Å². The molecule has 6 aliphatic heterocycles. The molecule has 0 spiro atoms. The summed E-state index contributed by atoms with van der Waals surface area (Å²) in [5.41, 5.74) is 6.44. The molecule has 260 valence electrons. The number of fused-ring (bicyclic) bond motifs is 8. The lowest BCUT2D eigenvalue weighted by Gasteiger charge is -2.46. The quantitative estimate of drug-likeness (QED) is 0.294. The number of nitrogens with one attached hydrogen (secondary N) is 2. The zero-order valence-electron chi connectivity index (χ0n) is 28.5. The molecule has 51 heavy (non-hydrogen) atoms. The number of carbonyl (C=O) groups excluding carboxylic acids is 4. The molecule has 4 amide bonds. The molecule has 0 aromatic heterocycles. The number of piperazine rings is 2. The highest BCUT2D eigenvalue weighted by Gasteiger charge is 2.40. The Morgan fingerprint density at radius 1 is 0.510 bits per heavy atom. The molecule has 6 aliphatic rings. The number of anilines is 2. The third kappa shape index (κ3) is 4.73. The topological polar surface area (TPSA) is 112 Å². The van der Waals surface area contributed by atoms with Gasteiger partial charge in [-0.1, -0.05) is 24.3 Å². The predicted octanol–water partition coefficient (Wildman–Crippen LogP) is 2.29. The highest BCUT2D eigenvalue weighted by molar-refractivity contribution is 6.28. The number of nitrogens with zero attached hydrogens (tertiary/aromatic N) is 6. The molecule has 0 saturated carbocycles. The summed E-state index contributed by atoms with van der Waals surface area (Å²) in [5, 5.41) is 10.0. The Morgan fingerprint density at radius 3 is 1.35 bits per heavy atom. The van der Waals surface area contributed by atoms with E-state index in [0.29, 0.717) is 68.2 Å². The van der Waals surface area contributed by atoms with Crippen LogP contribution in [0.4, 0.5) is 11.4 Å². The number of carbonyl (C=O) groups is 4. The fourth-order valence-electron chi connectivity index (χ4n) is 9.28. The summed E-state index contributed by atoms with van der Waals surface area (Å²) in [7, 11) is 0. The number of rotatable bonds is 6. The minimum Gasteiger partial charge on any atom is -0.349 e. The molecule has 2 saturated heterocycles. The van der Waals surface area contributed by atoms with Crippen LogP contribution in [0.5, 0.6) is 0 Å². The second kappa shape index (κ2) is 11.8. The van der Waals surface area contributed by atoms with Crippen molar-refractivity contribution in [3.05, 3.63) is 81.9 Å². The second-order valence-electron chi connectivity index (χ2n) is 14.6. The lowest BCUT2D eigenvalue weighted by atomic mass is 9.86. The maximum Gasteiger partial charge on any atom is 0.261 e. The van der Waals surface area contributed by atoms with Crippen LogP contribution in [-0.2, 0) is 13.1 Å². The number of imide groups is 2. The number of hydrogen-bond donors (Lipinski definition) is 2. The van der Waals surface area contributed by atoms with Crippen molar-refractivity contribution in [1.82, 2.24) is 30.2 Å². The summed E-state index contributed by atoms with van der Waals surface area (Å²) in [6.07, 6.45) is 0. The highest BCUT2D eigenvalue weighted by Crippen LogP contribution is 2.48. The number of amides is 4. The first kappa shape index (κ1) is 30.9. The molecule has 4 aromatic carbocycles. The molecule has 0 atom stereocenters. The average Bonchev–Trinajstić information content (AvgIpc) is 3.16. The molecule has 12 nitrogen and oxygen atoms in total. The molecule has 12 heteroatoms. The Bertz CT molecular complexity index is 2040. The van der Waals surface area contributed by atoms with Crippen LogP contribution in [0.25, 0.3) is 21.5 Å². The normalized spacial score (nSPS) is 20.5. The monoisotopic (exact) mass is 684 g/mol. The van der Waals surface area contributed by atoms with Gasteiger partial charge in [0.2, 0.25) is 0 Å². The standard InChI is InChI=1S/C39H40N8O4/c48-36-28-5-1-3-26-32(28)30(38(50)46(36)17-15-42-11-7-40-8-12-42)19-24-21-45-23-44(34(24)26)22-25-20-31-33-27(35(25)45)4-2-6-29(33)37(49)47(39(31)51)18-16-43-13-9-41-10-14-43/h1-6,19-20,40-41H,7-18,21-23H2. The van der Waals surface area contributed by atoms with Gasteiger partial charge in [0, 0.05) is 135 Å². The number of benzene rings is 4. The highest BCUT2D eigenvalue weighted by atomic mass is 16.2. The van der Waals surface area contributed by atoms with Gasteiger partial charge in [0.1, 0.15) is 0 Å². The zero-order valence-corrected chi connectivity index (χ0v) is 28.5. The van der Waals surface area contributed by atoms with Crippen LogP contribution in [0.1, 0.15) is 52.6 Å². The van der Waals surface area contributed by atoms with Gasteiger partial charge in [0.05, 0.1) is 18.0 Å². The Balaban J connectivity index is 1.01. The van der Waals surface area contributed by atoms with Crippen molar-refractivity contribution in [1.29, 1.82) is 0 Å². The first-order chi connectivity index (χ1) is 25.0. The fourth-order valence-corrected chi connectivity index (χ4v) is 9.28. The van der Waals surface area contributed by atoms with Crippen LogP contribution in [0, 0.1) is 0 Å². The molecular weight excluding hydrogens is 644 g/mol. The van der Waals surface area contributed by atoms with Gasteiger partial charge in [0.25, 0.3) is 23.6 Å². The lowest BCUT2D eigenvalue weighted by Crippen LogP contribution is -2.50. The molecule has 2 fully saturated rings. The molecule has 0 aliphatic carbocycles. The first-order valence-corrected chi connectivity index (χ1v) is 18.2. The summed E-state index contributed by atoms with van der Waals surface area (Å²) >= 11 is 0. The summed E-state index contributed by atoms with van der Waals surface area (Å²) in [6, 6.07) is 15.6. The average molecular weight is 685 g/mol. The largest absolute Gasteiger partial charge is 0.349 e. The second-order valence-corrected chi connectivity index (χ2v) is 14.6. The van der Waals surface area contributed by atoms with Gasteiger partial charge in [-0.15, -0.1) is 0 Å². The molecule has 2 bridgehead atoms. The van der Waals surface area contributed by atoms with Gasteiger partial charge in [-0.3, -0.25) is 38.8 Å². The van der Waals surface area contributed by atoms with E-state index in [-0.39, 0.29) is 23.6 Å². The third-order valence-corrected chi connectivity index (χ3v) is 11.7. The summed E-state index contributed by atoms with van der Waals surface area (Å²) in [6.45, 7) is 11.0. The smallest absolute Gasteiger partial charge is 0.261 e. The SMILES string of the molecule is O=C1c2cccc3c4c(cc(c23)C(=O)N1CCN1CCNCC1)CN1CN4Cc2cc3c4c(cccc4c21)C(=O)N(CCN1CCNCC1)C3=O. The maximum atomic E-state index is 14.1. The molecule has 0 radical (unpaired) electrons. The van der Waals surface area contributed by atoms with E-state index in [1.54, 1.807) is 0 Å². The van der Waals surface area contributed by atoms with Crippen LogP contribution < -0.4 is 20.4 Å². The third-order valence-electron chi connectivity index (χ3n) is 11.7. The van der Waals surface area contributed by atoms with Crippen LogP contribution in [-0.4, -0.2) is 128 Å². The lowest BCUT2D eigenvalue weighted by molar-refractivity contribution is 0.0574.